The Kier molecular flexibility index (Phi) is 5.95. The van der Waals surface area contributed by atoms with E-state index >= 15 is 0 Å². The molecule has 0 radical (unpaired) electrons. The Morgan fingerprint density at radius 2 is 1.86 bits per heavy atom. The van der Waals surface area contributed by atoms with Gasteiger partial charge in [0.05, 0.1) is 5.56 Å². The van der Waals surface area contributed by atoms with E-state index in [-0.39, 0.29) is 18.3 Å². The SMILES string of the molecule is Cl.O=C(c1ccc(Cl)cc1Br)N1CC[C@@H]2CNC[C@@H]2CC1. The Bertz CT molecular complexity index is 512. The standard InChI is InChI=1S/C15H18BrClN2O.ClH/c16-14-7-12(17)1-2-13(14)15(20)19-5-3-10-8-18-9-11(10)4-6-19;/h1-2,7,10-11,18H,3-6,8-9H2;1H/t10-,11+;. The summed E-state index contributed by atoms with van der Waals surface area (Å²) in [5, 5.41) is 4.10. The molecule has 3 nitrogen and oxygen atoms in total. The van der Waals surface area contributed by atoms with Gasteiger partial charge in [-0.1, -0.05) is 11.6 Å². The maximum atomic E-state index is 12.6. The van der Waals surface area contributed by atoms with Gasteiger partial charge in [-0.3, -0.25) is 4.79 Å². The van der Waals surface area contributed by atoms with E-state index in [2.05, 4.69) is 21.2 Å². The Balaban J connectivity index is 0.00000161. The molecule has 0 spiro atoms. The van der Waals surface area contributed by atoms with Crippen LogP contribution in [0.4, 0.5) is 0 Å². The molecule has 0 aliphatic carbocycles. The van der Waals surface area contributed by atoms with Gasteiger partial charge in [0.2, 0.25) is 0 Å². The number of amides is 1. The van der Waals surface area contributed by atoms with Crippen LogP contribution >= 0.6 is 39.9 Å². The van der Waals surface area contributed by atoms with E-state index in [9.17, 15) is 4.79 Å². The molecule has 21 heavy (non-hydrogen) atoms. The van der Waals surface area contributed by atoms with Crippen LogP contribution in [-0.4, -0.2) is 37.0 Å². The normalized spacial score (nSPS) is 25.0. The van der Waals surface area contributed by atoms with Gasteiger partial charge < -0.3 is 10.2 Å². The van der Waals surface area contributed by atoms with Crippen LogP contribution in [0.1, 0.15) is 23.2 Å². The highest BCUT2D eigenvalue weighted by molar-refractivity contribution is 9.10. The predicted molar refractivity (Wildman–Crippen MR) is 91.4 cm³/mol. The van der Waals surface area contributed by atoms with Gasteiger partial charge in [-0.05, 0) is 71.9 Å². The lowest BCUT2D eigenvalue weighted by atomic mass is 9.92. The van der Waals surface area contributed by atoms with Crippen LogP contribution in [0, 0.1) is 11.8 Å². The van der Waals surface area contributed by atoms with Gasteiger partial charge in [0.1, 0.15) is 0 Å². The molecular weight excluding hydrogens is 375 g/mol. The zero-order valence-electron chi connectivity index (χ0n) is 11.6. The number of rotatable bonds is 1. The summed E-state index contributed by atoms with van der Waals surface area (Å²) in [6, 6.07) is 5.36. The molecule has 1 N–H and O–H groups in total. The van der Waals surface area contributed by atoms with Crippen LogP contribution in [-0.2, 0) is 0 Å². The number of nitrogens with one attached hydrogen (secondary N) is 1. The Morgan fingerprint density at radius 3 is 2.43 bits per heavy atom. The number of likely N-dealkylation sites (tertiary alicyclic amines) is 1. The topological polar surface area (TPSA) is 32.3 Å². The summed E-state index contributed by atoms with van der Waals surface area (Å²) in [4.78, 5) is 14.6. The average Bonchev–Trinajstić information content (AvgIpc) is 2.77. The van der Waals surface area contributed by atoms with E-state index < -0.39 is 0 Å². The molecule has 2 heterocycles. The molecule has 3 rings (SSSR count). The van der Waals surface area contributed by atoms with E-state index in [0.717, 1.165) is 55.3 Å². The fraction of sp³-hybridized carbons (Fsp3) is 0.533. The van der Waals surface area contributed by atoms with Gasteiger partial charge in [-0.2, -0.15) is 0 Å². The monoisotopic (exact) mass is 392 g/mol. The van der Waals surface area contributed by atoms with Gasteiger partial charge in [0.25, 0.3) is 5.91 Å². The third kappa shape index (κ3) is 3.73. The number of hydrogen-bond donors (Lipinski definition) is 1. The maximum Gasteiger partial charge on any atom is 0.254 e. The molecule has 6 heteroatoms. The van der Waals surface area contributed by atoms with Crippen LogP contribution in [0.25, 0.3) is 0 Å². The van der Waals surface area contributed by atoms with E-state index in [1.165, 1.54) is 0 Å². The molecule has 2 atom stereocenters. The van der Waals surface area contributed by atoms with Gasteiger partial charge in [-0.25, -0.2) is 0 Å². The van der Waals surface area contributed by atoms with Crippen LogP contribution in [0.3, 0.4) is 0 Å². The molecule has 1 amide bonds. The molecular formula is C15H19BrCl2N2O. The minimum Gasteiger partial charge on any atom is -0.339 e. The van der Waals surface area contributed by atoms with E-state index in [1.807, 2.05) is 11.0 Å². The smallest absolute Gasteiger partial charge is 0.254 e. The summed E-state index contributed by atoms with van der Waals surface area (Å²) in [5.74, 6) is 1.59. The average molecular weight is 394 g/mol. The maximum absolute atomic E-state index is 12.6. The summed E-state index contributed by atoms with van der Waals surface area (Å²) >= 11 is 9.38. The summed E-state index contributed by atoms with van der Waals surface area (Å²) < 4.78 is 0.779. The first-order valence-electron chi connectivity index (χ1n) is 7.10. The van der Waals surface area contributed by atoms with E-state index in [0.29, 0.717) is 10.6 Å². The number of carbonyl (C=O) groups excluding carboxylic acids is 1. The molecule has 2 saturated heterocycles. The molecule has 0 bridgehead atoms. The molecule has 2 aliphatic heterocycles. The third-order valence-electron chi connectivity index (χ3n) is 4.47. The number of fused-ring (bicyclic) bond motifs is 1. The van der Waals surface area contributed by atoms with Gasteiger partial charge in [-0.15, -0.1) is 12.4 Å². The first-order chi connectivity index (χ1) is 9.65. The highest BCUT2D eigenvalue weighted by atomic mass is 79.9. The lowest BCUT2D eigenvalue weighted by Crippen LogP contribution is -2.33. The molecule has 1 aromatic carbocycles. The number of halogens is 3. The van der Waals surface area contributed by atoms with Crippen molar-refractivity contribution in [2.45, 2.75) is 12.8 Å². The summed E-state index contributed by atoms with van der Waals surface area (Å²) in [5.41, 5.74) is 0.708. The molecule has 2 aliphatic rings. The fourth-order valence-electron chi connectivity index (χ4n) is 3.25. The fourth-order valence-corrected chi connectivity index (χ4v) is 4.11. The zero-order valence-corrected chi connectivity index (χ0v) is 14.8. The van der Waals surface area contributed by atoms with Crippen LogP contribution < -0.4 is 5.32 Å². The second-order valence-corrected chi connectivity index (χ2v) is 6.96. The second kappa shape index (κ2) is 7.32. The third-order valence-corrected chi connectivity index (χ3v) is 5.36. The Morgan fingerprint density at radius 1 is 1.24 bits per heavy atom. The highest BCUT2D eigenvalue weighted by Crippen LogP contribution is 2.29. The van der Waals surface area contributed by atoms with Gasteiger partial charge in [0.15, 0.2) is 0 Å². The molecule has 2 fully saturated rings. The predicted octanol–water partition coefficient (Wildman–Crippen LogP) is 3.60. The van der Waals surface area contributed by atoms with Crippen molar-refractivity contribution in [1.82, 2.24) is 10.2 Å². The number of benzene rings is 1. The van der Waals surface area contributed by atoms with Crippen molar-refractivity contribution in [3.63, 3.8) is 0 Å². The van der Waals surface area contributed by atoms with Crippen molar-refractivity contribution >= 4 is 45.8 Å². The lowest BCUT2D eigenvalue weighted by molar-refractivity contribution is 0.0757. The number of nitrogens with zero attached hydrogens (tertiary/aromatic N) is 1. The first kappa shape index (κ1) is 17.1. The van der Waals surface area contributed by atoms with Crippen LogP contribution in [0.5, 0.6) is 0 Å². The summed E-state index contributed by atoms with van der Waals surface area (Å²) in [7, 11) is 0. The van der Waals surface area contributed by atoms with Crippen molar-refractivity contribution < 1.29 is 4.79 Å². The molecule has 0 aromatic heterocycles. The summed E-state index contributed by atoms with van der Waals surface area (Å²) in [6.07, 6.45) is 2.21. The van der Waals surface area contributed by atoms with Crippen molar-refractivity contribution in [2.24, 2.45) is 11.8 Å². The van der Waals surface area contributed by atoms with E-state index in [4.69, 9.17) is 11.6 Å². The van der Waals surface area contributed by atoms with Crippen molar-refractivity contribution in [3.8, 4) is 0 Å². The summed E-state index contributed by atoms with van der Waals surface area (Å²) in [6.45, 7) is 3.93. The minimum absolute atomic E-state index is 0. The molecule has 0 saturated carbocycles. The van der Waals surface area contributed by atoms with Crippen molar-refractivity contribution in [1.29, 1.82) is 0 Å². The largest absolute Gasteiger partial charge is 0.339 e. The second-order valence-electron chi connectivity index (χ2n) is 5.67. The van der Waals surface area contributed by atoms with Crippen LogP contribution in [0.15, 0.2) is 22.7 Å². The molecule has 0 unspecified atom stereocenters. The number of hydrogen-bond acceptors (Lipinski definition) is 2. The minimum atomic E-state index is 0. The quantitative estimate of drug-likeness (QED) is 0.790. The van der Waals surface area contributed by atoms with E-state index in [1.54, 1.807) is 12.1 Å². The molecule has 116 valence electrons. The van der Waals surface area contributed by atoms with Crippen LogP contribution in [0.2, 0.25) is 5.02 Å². The van der Waals surface area contributed by atoms with Gasteiger partial charge >= 0.3 is 0 Å². The van der Waals surface area contributed by atoms with Crippen molar-refractivity contribution in [2.75, 3.05) is 26.2 Å². The zero-order chi connectivity index (χ0) is 14.1. The highest BCUT2D eigenvalue weighted by Gasteiger charge is 2.31. The van der Waals surface area contributed by atoms with Gasteiger partial charge in [0, 0.05) is 22.6 Å². The lowest BCUT2D eigenvalue weighted by Gasteiger charge is -2.21. The molecule has 1 aromatic rings. The van der Waals surface area contributed by atoms with Crippen molar-refractivity contribution in [3.05, 3.63) is 33.3 Å². The number of carbonyl (C=O) groups is 1. The first-order valence-corrected chi connectivity index (χ1v) is 8.27. The Hall–Kier alpha value is -0.290. The Labute approximate surface area is 144 Å².